The van der Waals surface area contributed by atoms with Gasteiger partial charge in [-0.05, 0) is 42.0 Å². The molecule has 1 amide bonds. The van der Waals surface area contributed by atoms with Gasteiger partial charge in [-0.15, -0.1) is 5.10 Å². The number of anilines is 3. The normalized spacial score (nSPS) is 13.0. The van der Waals surface area contributed by atoms with Crippen LogP contribution < -0.4 is 15.0 Å². The van der Waals surface area contributed by atoms with Gasteiger partial charge >= 0.3 is 0 Å². The fourth-order valence-corrected chi connectivity index (χ4v) is 3.51. The number of amides is 1. The monoisotopic (exact) mass is 386 g/mol. The van der Waals surface area contributed by atoms with Crippen molar-refractivity contribution in [3.8, 4) is 17.1 Å². The molecule has 144 valence electrons. The SMILES string of the molecule is COc1ccc(-c2ccc3cnc(Nc4ccc5c(c4)CC(=O)N5C)nn23)cn1. The van der Waals surface area contributed by atoms with Crippen molar-refractivity contribution in [1.29, 1.82) is 0 Å². The molecule has 1 aliphatic rings. The van der Waals surface area contributed by atoms with Crippen LogP contribution in [0.5, 0.6) is 5.88 Å². The summed E-state index contributed by atoms with van der Waals surface area (Å²) in [6.07, 6.45) is 3.93. The van der Waals surface area contributed by atoms with Crippen LogP contribution in [-0.4, -0.2) is 39.6 Å². The first-order valence-corrected chi connectivity index (χ1v) is 9.14. The second kappa shape index (κ2) is 6.59. The van der Waals surface area contributed by atoms with Gasteiger partial charge in [0.25, 0.3) is 0 Å². The Bertz CT molecular complexity index is 1230. The number of fused-ring (bicyclic) bond motifs is 2. The molecule has 1 N–H and O–H groups in total. The summed E-state index contributed by atoms with van der Waals surface area (Å²) < 4.78 is 6.95. The Hall–Kier alpha value is -3.94. The maximum absolute atomic E-state index is 11.9. The van der Waals surface area contributed by atoms with Gasteiger partial charge in [-0.2, -0.15) is 0 Å². The molecule has 4 heterocycles. The van der Waals surface area contributed by atoms with Gasteiger partial charge in [0, 0.05) is 36.2 Å². The van der Waals surface area contributed by atoms with E-state index in [1.165, 1.54) is 0 Å². The van der Waals surface area contributed by atoms with Crippen LogP contribution in [0.1, 0.15) is 5.56 Å². The number of benzene rings is 1. The highest BCUT2D eigenvalue weighted by atomic mass is 16.5. The number of methoxy groups -OCH3 is 1. The number of rotatable bonds is 4. The molecule has 1 aromatic carbocycles. The molecule has 0 saturated heterocycles. The van der Waals surface area contributed by atoms with Crippen molar-refractivity contribution in [2.45, 2.75) is 6.42 Å². The minimum atomic E-state index is 0.0971. The van der Waals surface area contributed by atoms with Crippen molar-refractivity contribution in [3.63, 3.8) is 0 Å². The lowest BCUT2D eigenvalue weighted by Gasteiger charge is -2.11. The standard InChI is InChI=1S/C21H18N6O2/c1-26-17-6-4-15(9-14(17)10-20(26)28)24-21-23-12-16-5-7-18(27(16)25-21)13-3-8-19(29-2)22-11-13/h3-9,11-12H,10H2,1-2H3,(H,24,25). The number of likely N-dealkylation sites (N-methyl/N-ethyl adjacent to an activating group) is 1. The highest BCUT2D eigenvalue weighted by molar-refractivity contribution is 6.01. The minimum absolute atomic E-state index is 0.0971. The van der Waals surface area contributed by atoms with E-state index in [1.54, 1.807) is 31.5 Å². The maximum Gasteiger partial charge on any atom is 0.245 e. The van der Waals surface area contributed by atoms with Gasteiger partial charge in [0.15, 0.2) is 0 Å². The quantitative estimate of drug-likeness (QED) is 0.580. The Morgan fingerprint density at radius 3 is 2.76 bits per heavy atom. The molecule has 0 aliphatic carbocycles. The zero-order valence-corrected chi connectivity index (χ0v) is 16.0. The second-order valence-corrected chi connectivity index (χ2v) is 6.82. The van der Waals surface area contributed by atoms with Gasteiger partial charge in [-0.3, -0.25) is 4.79 Å². The van der Waals surface area contributed by atoms with E-state index in [1.807, 2.05) is 47.0 Å². The smallest absolute Gasteiger partial charge is 0.245 e. The minimum Gasteiger partial charge on any atom is -0.481 e. The number of carbonyl (C=O) groups excluding carboxylic acids is 1. The summed E-state index contributed by atoms with van der Waals surface area (Å²) in [5, 5.41) is 7.86. The van der Waals surface area contributed by atoms with Gasteiger partial charge in [0.1, 0.15) is 0 Å². The van der Waals surface area contributed by atoms with Crippen LogP contribution in [0, 0.1) is 0 Å². The van der Waals surface area contributed by atoms with E-state index < -0.39 is 0 Å². The summed E-state index contributed by atoms with van der Waals surface area (Å²) in [5.41, 5.74) is 5.48. The zero-order chi connectivity index (χ0) is 20.0. The maximum atomic E-state index is 11.9. The van der Waals surface area contributed by atoms with Crippen molar-refractivity contribution >= 4 is 28.7 Å². The lowest BCUT2D eigenvalue weighted by atomic mass is 10.1. The van der Waals surface area contributed by atoms with E-state index in [-0.39, 0.29) is 5.91 Å². The average Bonchev–Trinajstić information content (AvgIpc) is 3.28. The molecule has 0 unspecified atom stereocenters. The number of nitrogens with zero attached hydrogens (tertiary/aromatic N) is 5. The van der Waals surface area contributed by atoms with Gasteiger partial charge in [0.2, 0.25) is 17.7 Å². The van der Waals surface area contributed by atoms with E-state index in [4.69, 9.17) is 4.74 Å². The Labute approximate surface area is 166 Å². The van der Waals surface area contributed by atoms with E-state index in [0.717, 1.165) is 33.7 Å². The molecule has 0 atom stereocenters. The van der Waals surface area contributed by atoms with Gasteiger partial charge in [0.05, 0.1) is 30.9 Å². The van der Waals surface area contributed by atoms with Crippen molar-refractivity contribution in [2.75, 3.05) is 24.4 Å². The molecule has 4 aromatic rings. The molecule has 0 bridgehead atoms. The lowest BCUT2D eigenvalue weighted by Crippen LogP contribution is -2.20. The highest BCUT2D eigenvalue weighted by Gasteiger charge is 2.23. The van der Waals surface area contributed by atoms with Crippen molar-refractivity contribution in [1.82, 2.24) is 19.6 Å². The van der Waals surface area contributed by atoms with Crippen LogP contribution >= 0.6 is 0 Å². The summed E-state index contributed by atoms with van der Waals surface area (Å²) >= 11 is 0. The summed E-state index contributed by atoms with van der Waals surface area (Å²) in [5.74, 6) is 1.13. The number of pyridine rings is 1. The van der Waals surface area contributed by atoms with E-state index in [2.05, 4.69) is 20.4 Å². The molecule has 29 heavy (non-hydrogen) atoms. The molecule has 8 heteroatoms. The Kier molecular flexibility index (Phi) is 3.90. The molecule has 5 rings (SSSR count). The average molecular weight is 386 g/mol. The van der Waals surface area contributed by atoms with Crippen LogP contribution in [0.3, 0.4) is 0 Å². The van der Waals surface area contributed by atoms with Gasteiger partial charge in [-0.25, -0.2) is 14.5 Å². The zero-order valence-electron chi connectivity index (χ0n) is 16.0. The second-order valence-electron chi connectivity index (χ2n) is 6.82. The summed E-state index contributed by atoms with van der Waals surface area (Å²) in [6, 6.07) is 13.5. The third-order valence-electron chi connectivity index (χ3n) is 5.05. The molecule has 3 aromatic heterocycles. The van der Waals surface area contributed by atoms with Crippen LogP contribution in [0.25, 0.3) is 16.8 Å². The Balaban J connectivity index is 1.47. The fourth-order valence-electron chi connectivity index (χ4n) is 3.51. The first-order valence-electron chi connectivity index (χ1n) is 9.14. The number of nitrogens with one attached hydrogen (secondary N) is 1. The predicted molar refractivity (Wildman–Crippen MR) is 110 cm³/mol. The number of hydrogen-bond donors (Lipinski definition) is 1. The van der Waals surface area contributed by atoms with E-state index in [0.29, 0.717) is 18.2 Å². The third kappa shape index (κ3) is 2.94. The first kappa shape index (κ1) is 17.2. The highest BCUT2D eigenvalue weighted by Crippen LogP contribution is 2.31. The molecular weight excluding hydrogens is 368 g/mol. The molecule has 0 saturated carbocycles. The number of ether oxygens (including phenoxy) is 1. The lowest BCUT2D eigenvalue weighted by molar-refractivity contribution is -0.117. The molecule has 1 aliphatic heterocycles. The third-order valence-corrected chi connectivity index (χ3v) is 5.05. The summed E-state index contributed by atoms with van der Waals surface area (Å²) in [7, 11) is 3.38. The predicted octanol–water partition coefficient (Wildman–Crippen LogP) is 3.06. The number of hydrogen-bond acceptors (Lipinski definition) is 6. The van der Waals surface area contributed by atoms with E-state index >= 15 is 0 Å². The van der Waals surface area contributed by atoms with E-state index in [9.17, 15) is 4.79 Å². The Morgan fingerprint density at radius 2 is 1.97 bits per heavy atom. The van der Waals surface area contributed by atoms with Crippen molar-refractivity contribution in [3.05, 3.63) is 60.4 Å². The number of aromatic nitrogens is 4. The van der Waals surface area contributed by atoms with Gasteiger partial charge < -0.3 is 15.0 Å². The van der Waals surface area contributed by atoms with Crippen LogP contribution in [0.15, 0.2) is 54.9 Å². The number of carbonyl (C=O) groups is 1. The summed E-state index contributed by atoms with van der Waals surface area (Å²) in [4.78, 5) is 22.2. The summed E-state index contributed by atoms with van der Waals surface area (Å²) in [6.45, 7) is 0. The van der Waals surface area contributed by atoms with Gasteiger partial charge in [-0.1, -0.05) is 0 Å². The molecule has 0 radical (unpaired) electrons. The van der Waals surface area contributed by atoms with Crippen LogP contribution in [-0.2, 0) is 11.2 Å². The fraction of sp³-hybridized carbons (Fsp3) is 0.143. The topological polar surface area (TPSA) is 84.6 Å². The van der Waals surface area contributed by atoms with Crippen molar-refractivity contribution in [2.24, 2.45) is 0 Å². The molecule has 8 nitrogen and oxygen atoms in total. The first-order chi connectivity index (χ1) is 14.1. The largest absolute Gasteiger partial charge is 0.481 e. The van der Waals surface area contributed by atoms with Crippen LogP contribution in [0.4, 0.5) is 17.3 Å². The van der Waals surface area contributed by atoms with Crippen molar-refractivity contribution < 1.29 is 9.53 Å². The van der Waals surface area contributed by atoms with Crippen LogP contribution in [0.2, 0.25) is 0 Å². The molecular formula is C21H18N6O2. The molecule has 0 fully saturated rings. The molecule has 0 spiro atoms. The Morgan fingerprint density at radius 1 is 1.07 bits per heavy atom.